The Bertz CT molecular complexity index is 1280. The van der Waals surface area contributed by atoms with Crippen LogP contribution in [0.5, 0.6) is 0 Å². The molecule has 0 aliphatic rings. The quantitative estimate of drug-likeness (QED) is 0.471. The van der Waals surface area contributed by atoms with Crippen molar-refractivity contribution in [2.45, 2.75) is 11.8 Å². The number of nitrogens with one attached hydrogen (secondary N) is 1. The van der Waals surface area contributed by atoms with Crippen molar-refractivity contribution >= 4 is 60.4 Å². The molecule has 6 nitrogen and oxygen atoms in total. The van der Waals surface area contributed by atoms with Gasteiger partial charge in [0.25, 0.3) is 5.91 Å². The van der Waals surface area contributed by atoms with Gasteiger partial charge in [-0.1, -0.05) is 18.2 Å². The molecule has 148 valence electrons. The first-order valence-corrected chi connectivity index (χ1v) is 10.8. The summed E-state index contributed by atoms with van der Waals surface area (Å²) in [6.07, 6.45) is 0. The van der Waals surface area contributed by atoms with E-state index in [1.807, 2.05) is 56.3 Å². The maximum atomic E-state index is 12.8. The molecule has 1 amide bonds. The molecule has 0 fully saturated rings. The third-order valence-corrected chi connectivity index (χ3v) is 6.23. The minimum Gasteiger partial charge on any atom is -0.451 e. The number of carbonyl (C=O) groups excluding carboxylic acids is 1. The van der Waals surface area contributed by atoms with Crippen LogP contribution in [0.2, 0.25) is 0 Å². The number of benzene rings is 2. The molecule has 29 heavy (non-hydrogen) atoms. The lowest BCUT2D eigenvalue weighted by atomic mass is 10.2. The maximum Gasteiger partial charge on any atom is 0.298 e. The van der Waals surface area contributed by atoms with E-state index in [9.17, 15) is 9.00 Å². The minimum absolute atomic E-state index is 0.0977. The molecule has 0 aliphatic carbocycles. The van der Waals surface area contributed by atoms with Gasteiger partial charge < -0.3 is 9.32 Å². The summed E-state index contributed by atoms with van der Waals surface area (Å²) < 4.78 is 22.0. The third kappa shape index (κ3) is 3.77. The van der Waals surface area contributed by atoms with E-state index >= 15 is 0 Å². The lowest BCUT2D eigenvalue weighted by Gasteiger charge is -2.13. The first kappa shape index (κ1) is 19.6. The Kier molecular flexibility index (Phi) is 5.14. The van der Waals surface area contributed by atoms with Crippen molar-refractivity contribution in [1.82, 2.24) is 9.71 Å². The summed E-state index contributed by atoms with van der Waals surface area (Å²) in [6, 6.07) is 14.6. The van der Waals surface area contributed by atoms with Gasteiger partial charge in [0.1, 0.15) is 5.58 Å². The molecular weight excluding hydrogens is 454 g/mol. The van der Waals surface area contributed by atoms with Gasteiger partial charge in [-0.2, -0.15) is 0 Å². The SMILES string of the molecule is Cc1ccc2cccc(S(=O)NC(=O)c3cc4cc(Br)c(N(C)C)cc4o3)c2n1. The Balaban J connectivity index is 1.64. The Morgan fingerprint density at radius 1 is 1.14 bits per heavy atom. The average Bonchev–Trinajstić information content (AvgIpc) is 3.09. The fourth-order valence-electron chi connectivity index (χ4n) is 3.06. The fraction of sp³-hybridized carbons (Fsp3) is 0.143. The zero-order chi connectivity index (χ0) is 20.7. The summed E-state index contributed by atoms with van der Waals surface area (Å²) in [7, 11) is 2.07. The number of halogens is 1. The van der Waals surface area contributed by atoms with E-state index in [0.29, 0.717) is 16.0 Å². The summed E-state index contributed by atoms with van der Waals surface area (Å²) in [4.78, 5) is 19.5. The predicted molar refractivity (Wildman–Crippen MR) is 119 cm³/mol. The number of amides is 1. The van der Waals surface area contributed by atoms with Gasteiger partial charge >= 0.3 is 0 Å². The van der Waals surface area contributed by atoms with Crippen LogP contribution in [0.4, 0.5) is 5.69 Å². The summed E-state index contributed by atoms with van der Waals surface area (Å²) in [5.74, 6) is -0.452. The van der Waals surface area contributed by atoms with Gasteiger partial charge in [-0.25, -0.2) is 4.21 Å². The number of rotatable bonds is 4. The normalized spacial score (nSPS) is 12.3. The Hall–Kier alpha value is -2.71. The predicted octanol–water partition coefficient (Wildman–Crippen LogP) is 4.57. The topological polar surface area (TPSA) is 75.4 Å². The zero-order valence-electron chi connectivity index (χ0n) is 16.0. The van der Waals surface area contributed by atoms with Crippen LogP contribution in [0.15, 0.2) is 62.3 Å². The molecule has 8 heteroatoms. The zero-order valence-corrected chi connectivity index (χ0v) is 18.4. The van der Waals surface area contributed by atoms with Crippen LogP contribution in [-0.4, -0.2) is 29.2 Å². The molecule has 1 N–H and O–H groups in total. The summed E-state index contributed by atoms with van der Waals surface area (Å²) in [6.45, 7) is 1.87. The molecule has 0 saturated heterocycles. The number of pyridine rings is 1. The number of furan rings is 1. The monoisotopic (exact) mass is 471 g/mol. The van der Waals surface area contributed by atoms with Crippen molar-refractivity contribution in [3.05, 3.63) is 64.5 Å². The second kappa shape index (κ2) is 7.61. The number of hydrogen-bond donors (Lipinski definition) is 1. The summed E-state index contributed by atoms with van der Waals surface area (Å²) >= 11 is 3.52. The van der Waals surface area contributed by atoms with Crippen molar-refractivity contribution in [1.29, 1.82) is 0 Å². The van der Waals surface area contributed by atoms with Gasteiger partial charge in [-0.05, 0) is 47.1 Å². The van der Waals surface area contributed by atoms with E-state index in [4.69, 9.17) is 4.42 Å². The molecule has 0 radical (unpaired) electrons. The van der Waals surface area contributed by atoms with Gasteiger partial charge in [0, 0.05) is 41.1 Å². The molecule has 2 aromatic heterocycles. The number of nitrogens with zero attached hydrogens (tertiary/aromatic N) is 2. The van der Waals surface area contributed by atoms with Crippen LogP contribution in [0, 0.1) is 6.92 Å². The highest BCUT2D eigenvalue weighted by molar-refractivity contribution is 9.10. The standard InChI is InChI=1S/C21H18BrN3O3S/c1-12-7-8-13-5-4-6-19(20(13)23-12)29(27)24-21(26)18-10-14-9-15(22)16(25(2)3)11-17(14)28-18/h4-11H,1-3H3,(H,24,26). The molecule has 2 aromatic carbocycles. The molecule has 0 saturated carbocycles. The number of hydrogen-bond acceptors (Lipinski definition) is 5. The lowest BCUT2D eigenvalue weighted by Crippen LogP contribution is -2.25. The highest BCUT2D eigenvalue weighted by Crippen LogP contribution is 2.32. The van der Waals surface area contributed by atoms with E-state index in [-0.39, 0.29) is 5.76 Å². The van der Waals surface area contributed by atoms with Crippen molar-refractivity contribution < 1.29 is 13.4 Å². The second-order valence-electron chi connectivity index (χ2n) is 6.83. The first-order chi connectivity index (χ1) is 13.8. The first-order valence-electron chi connectivity index (χ1n) is 8.83. The molecule has 4 aromatic rings. The molecule has 4 rings (SSSR count). The molecule has 2 heterocycles. The van der Waals surface area contributed by atoms with Crippen LogP contribution in [-0.2, 0) is 11.0 Å². The van der Waals surface area contributed by atoms with Gasteiger partial charge in [-0.15, -0.1) is 0 Å². The second-order valence-corrected chi connectivity index (χ2v) is 8.86. The third-order valence-electron chi connectivity index (χ3n) is 4.50. The van der Waals surface area contributed by atoms with Crippen molar-refractivity contribution in [3.63, 3.8) is 0 Å². The number of fused-ring (bicyclic) bond motifs is 2. The molecule has 0 bridgehead atoms. The van der Waals surface area contributed by atoms with Crippen molar-refractivity contribution in [3.8, 4) is 0 Å². The molecule has 0 spiro atoms. The summed E-state index contributed by atoms with van der Waals surface area (Å²) in [5, 5.41) is 1.64. The van der Waals surface area contributed by atoms with E-state index in [1.54, 1.807) is 18.2 Å². The van der Waals surface area contributed by atoms with Crippen LogP contribution >= 0.6 is 15.9 Å². The Morgan fingerprint density at radius 3 is 2.69 bits per heavy atom. The van der Waals surface area contributed by atoms with Gasteiger partial charge in [-0.3, -0.25) is 14.5 Å². The van der Waals surface area contributed by atoms with E-state index in [0.717, 1.165) is 26.6 Å². The number of para-hydroxylation sites is 1. The molecule has 1 atom stereocenters. The highest BCUT2D eigenvalue weighted by atomic mass is 79.9. The molecular formula is C21H18BrN3O3S. The van der Waals surface area contributed by atoms with E-state index in [2.05, 4.69) is 25.6 Å². The van der Waals surface area contributed by atoms with Crippen LogP contribution in [0.25, 0.3) is 21.9 Å². The van der Waals surface area contributed by atoms with Crippen molar-refractivity contribution in [2.75, 3.05) is 19.0 Å². The molecule has 1 unspecified atom stereocenters. The van der Waals surface area contributed by atoms with Crippen molar-refractivity contribution in [2.24, 2.45) is 0 Å². The molecule has 0 aliphatic heterocycles. The highest BCUT2D eigenvalue weighted by Gasteiger charge is 2.18. The minimum atomic E-state index is -1.77. The summed E-state index contributed by atoms with van der Waals surface area (Å²) in [5.41, 5.74) is 2.93. The van der Waals surface area contributed by atoms with E-state index in [1.165, 1.54) is 0 Å². The number of carbonyl (C=O) groups is 1. The number of anilines is 1. The fourth-order valence-corrected chi connectivity index (χ4v) is 4.70. The van der Waals surface area contributed by atoms with Gasteiger partial charge in [0.15, 0.2) is 16.7 Å². The average molecular weight is 472 g/mol. The Morgan fingerprint density at radius 2 is 1.93 bits per heavy atom. The smallest absolute Gasteiger partial charge is 0.298 e. The van der Waals surface area contributed by atoms with Gasteiger partial charge in [0.05, 0.1) is 16.1 Å². The van der Waals surface area contributed by atoms with Crippen LogP contribution in [0.3, 0.4) is 0 Å². The number of aromatic nitrogens is 1. The van der Waals surface area contributed by atoms with Crippen LogP contribution in [0.1, 0.15) is 16.2 Å². The maximum absolute atomic E-state index is 12.8. The largest absolute Gasteiger partial charge is 0.451 e. The lowest BCUT2D eigenvalue weighted by molar-refractivity contribution is 0.0958. The van der Waals surface area contributed by atoms with Gasteiger partial charge in [0.2, 0.25) is 0 Å². The number of aryl methyl sites for hydroxylation is 1. The van der Waals surface area contributed by atoms with Crippen LogP contribution < -0.4 is 9.62 Å². The Labute approximate surface area is 178 Å². The van der Waals surface area contributed by atoms with E-state index < -0.39 is 16.9 Å².